The van der Waals surface area contributed by atoms with Crippen molar-refractivity contribution in [3.05, 3.63) is 88.7 Å². The van der Waals surface area contributed by atoms with Gasteiger partial charge in [0.25, 0.3) is 0 Å². The first-order valence-electron chi connectivity index (χ1n) is 9.20. The summed E-state index contributed by atoms with van der Waals surface area (Å²) in [5.74, 6) is 0.592. The van der Waals surface area contributed by atoms with E-state index in [1.54, 1.807) is 13.8 Å². The van der Waals surface area contributed by atoms with Gasteiger partial charge in [0.2, 0.25) is 11.8 Å². The van der Waals surface area contributed by atoms with Gasteiger partial charge in [-0.2, -0.15) is 5.26 Å². The molecule has 0 saturated carbocycles. The number of benzene rings is 2. The number of anilines is 1. The molecule has 1 aromatic heterocycles. The lowest BCUT2D eigenvalue weighted by Gasteiger charge is -2.19. The molecule has 0 spiro atoms. The van der Waals surface area contributed by atoms with E-state index >= 15 is 0 Å². The van der Waals surface area contributed by atoms with Crippen LogP contribution in [0.4, 0.5) is 5.88 Å². The first-order valence-corrected chi connectivity index (χ1v) is 9.20. The molecule has 0 aliphatic carbocycles. The maximum Gasteiger partial charge on any atom is 0.240 e. The van der Waals surface area contributed by atoms with Crippen LogP contribution in [0.25, 0.3) is 0 Å². The van der Waals surface area contributed by atoms with Gasteiger partial charge in [-0.3, -0.25) is 10.1 Å². The van der Waals surface area contributed by atoms with Gasteiger partial charge < -0.3 is 9.73 Å². The Hall–Kier alpha value is -3.36. The highest BCUT2D eigenvalue weighted by atomic mass is 16.4. The van der Waals surface area contributed by atoms with Gasteiger partial charge in [0.15, 0.2) is 0 Å². The summed E-state index contributed by atoms with van der Waals surface area (Å²) in [4.78, 5) is 12.4. The molecule has 0 aliphatic rings. The Kier molecular flexibility index (Phi) is 6.25. The van der Waals surface area contributed by atoms with E-state index in [1.165, 1.54) is 5.56 Å². The van der Waals surface area contributed by atoms with Crippen molar-refractivity contribution in [1.82, 2.24) is 5.32 Å². The van der Waals surface area contributed by atoms with Crippen LogP contribution in [0, 0.1) is 25.2 Å². The minimum absolute atomic E-state index is 0.00939. The Morgan fingerprint density at radius 2 is 1.71 bits per heavy atom. The summed E-state index contributed by atoms with van der Waals surface area (Å²) in [6, 6.07) is 22.3. The summed E-state index contributed by atoms with van der Waals surface area (Å²) in [7, 11) is 0. The molecule has 28 heavy (non-hydrogen) atoms. The number of rotatable bonds is 7. The van der Waals surface area contributed by atoms with Gasteiger partial charge in [-0.25, -0.2) is 0 Å². The third-order valence-electron chi connectivity index (χ3n) is 4.74. The lowest BCUT2D eigenvalue weighted by molar-refractivity contribution is -0.115. The topological polar surface area (TPSA) is 78.1 Å². The van der Waals surface area contributed by atoms with Crippen LogP contribution in [0.5, 0.6) is 0 Å². The van der Waals surface area contributed by atoms with Crippen LogP contribution < -0.4 is 10.6 Å². The zero-order chi connectivity index (χ0) is 19.9. The van der Waals surface area contributed by atoms with Crippen molar-refractivity contribution in [2.24, 2.45) is 0 Å². The van der Waals surface area contributed by atoms with E-state index in [0.717, 1.165) is 17.5 Å². The molecule has 1 atom stereocenters. The Balaban J connectivity index is 1.69. The smallest absolute Gasteiger partial charge is 0.240 e. The number of nitriles is 1. The Morgan fingerprint density at radius 3 is 2.36 bits per heavy atom. The fraction of sp³-hybridized carbons (Fsp3) is 0.217. The van der Waals surface area contributed by atoms with Crippen molar-refractivity contribution in [2.75, 3.05) is 11.9 Å². The zero-order valence-corrected chi connectivity index (χ0v) is 16.0. The molecule has 142 valence electrons. The van der Waals surface area contributed by atoms with E-state index in [1.807, 2.05) is 48.5 Å². The van der Waals surface area contributed by atoms with Crippen LogP contribution in [-0.2, 0) is 11.2 Å². The number of amides is 1. The molecule has 1 amide bonds. The van der Waals surface area contributed by atoms with Gasteiger partial charge in [0.05, 0.1) is 6.54 Å². The summed E-state index contributed by atoms with van der Waals surface area (Å²) in [6.45, 7) is 3.68. The van der Waals surface area contributed by atoms with Gasteiger partial charge in [-0.1, -0.05) is 60.7 Å². The highest BCUT2D eigenvalue weighted by Gasteiger charge is 2.18. The number of hydrogen-bond acceptors (Lipinski definition) is 4. The van der Waals surface area contributed by atoms with Crippen LogP contribution in [0.15, 0.2) is 65.1 Å². The lowest BCUT2D eigenvalue weighted by atomic mass is 9.99. The average Bonchev–Trinajstić information content (AvgIpc) is 2.99. The number of aryl methyl sites for hydroxylation is 1. The number of furan rings is 1. The van der Waals surface area contributed by atoms with Gasteiger partial charge in [-0.15, -0.1) is 0 Å². The van der Waals surface area contributed by atoms with Crippen LogP contribution in [0.1, 0.15) is 34.1 Å². The standard InChI is InChI=1S/C23H23N3O2/c1-16-17(2)28-23(20(16)14-24)26-22(27)15-25-21(19-11-7-4-8-12-19)13-18-9-5-3-6-10-18/h3-12,21,25H,13,15H2,1-2H3,(H,26,27). The first kappa shape index (κ1) is 19.4. The molecule has 0 aliphatic heterocycles. The SMILES string of the molecule is Cc1oc(NC(=O)CNC(Cc2ccccc2)c2ccccc2)c(C#N)c1C. The van der Waals surface area contributed by atoms with Crippen LogP contribution in [0.3, 0.4) is 0 Å². The average molecular weight is 373 g/mol. The van der Waals surface area contributed by atoms with Crippen molar-refractivity contribution >= 4 is 11.8 Å². The van der Waals surface area contributed by atoms with E-state index < -0.39 is 0 Å². The Bertz CT molecular complexity index is 972. The molecule has 1 heterocycles. The highest BCUT2D eigenvalue weighted by molar-refractivity contribution is 5.92. The summed E-state index contributed by atoms with van der Waals surface area (Å²) in [6.07, 6.45) is 0.764. The molecule has 1 unspecified atom stereocenters. The largest absolute Gasteiger partial charge is 0.444 e. The molecular weight excluding hydrogens is 350 g/mol. The first-order chi connectivity index (χ1) is 13.6. The molecule has 3 rings (SSSR count). The normalized spacial score (nSPS) is 11.6. The molecule has 0 radical (unpaired) electrons. The molecule has 5 heteroatoms. The van der Waals surface area contributed by atoms with Crippen molar-refractivity contribution in [2.45, 2.75) is 26.3 Å². The predicted molar refractivity (Wildman–Crippen MR) is 109 cm³/mol. The summed E-state index contributed by atoms with van der Waals surface area (Å²) >= 11 is 0. The minimum atomic E-state index is -0.251. The molecule has 3 aromatic rings. The van der Waals surface area contributed by atoms with Gasteiger partial charge in [-0.05, 0) is 31.4 Å². The van der Waals surface area contributed by atoms with Crippen LogP contribution >= 0.6 is 0 Å². The highest BCUT2D eigenvalue weighted by Crippen LogP contribution is 2.25. The fourth-order valence-corrected chi connectivity index (χ4v) is 3.08. The predicted octanol–water partition coefficient (Wildman–Crippen LogP) is 4.28. The second kappa shape index (κ2) is 9.03. The third-order valence-corrected chi connectivity index (χ3v) is 4.74. The number of carbonyl (C=O) groups is 1. The number of hydrogen-bond donors (Lipinski definition) is 2. The van der Waals surface area contributed by atoms with Crippen LogP contribution in [0.2, 0.25) is 0 Å². The molecular formula is C23H23N3O2. The van der Waals surface area contributed by atoms with E-state index in [9.17, 15) is 10.1 Å². The minimum Gasteiger partial charge on any atom is -0.444 e. The monoisotopic (exact) mass is 373 g/mol. The maximum atomic E-state index is 12.4. The van der Waals surface area contributed by atoms with E-state index in [-0.39, 0.29) is 24.4 Å². The third kappa shape index (κ3) is 4.67. The summed E-state index contributed by atoms with van der Waals surface area (Å²) < 4.78 is 5.51. The Morgan fingerprint density at radius 1 is 1.07 bits per heavy atom. The van der Waals surface area contributed by atoms with E-state index in [4.69, 9.17) is 4.42 Å². The second-order valence-corrected chi connectivity index (χ2v) is 6.68. The number of nitrogens with zero attached hydrogens (tertiary/aromatic N) is 1. The quantitative estimate of drug-likeness (QED) is 0.648. The van der Waals surface area contributed by atoms with E-state index in [0.29, 0.717) is 11.3 Å². The van der Waals surface area contributed by atoms with Crippen molar-refractivity contribution in [3.63, 3.8) is 0 Å². The summed E-state index contributed by atoms with van der Waals surface area (Å²) in [5.41, 5.74) is 3.42. The zero-order valence-electron chi connectivity index (χ0n) is 16.0. The molecule has 0 saturated heterocycles. The van der Waals surface area contributed by atoms with Gasteiger partial charge in [0, 0.05) is 11.6 Å². The summed E-state index contributed by atoms with van der Waals surface area (Å²) in [5, 5.41) is 15.3. The number of carbonyl (C=O) groups excluding carboxylic acids is 1. The molecule has 0 bridgehead atoms. The second-order valence-electron chi connectivity index (χ2n) is 6.68. The molecule has 5 nitrogen and oxygen atoms in total. The van der Waals surface area contributed by atoms with Crippen molar-refractivity contribution in [1.29, 1.82) is 5.26 Å². The van der Waals surface area contributed by atoms with Crippen molar-refractivity contribution < 1.29 is 9.21 Å². The van der Waals surface area contributed by atoms with Crippen LogP contribution in [-0.4, -0.2) is 12.5 Å². The van der Waals surface area contributed by atoms with Gasteiger partial charge in [0.1, 0.15) is 17.4 Å². The molecule has 2 aromatic carbocycles. The van der Waals surface area contributed by atoms with Gasteiger partial charge >= 0.3 is 0 Å². The fourth-order valence-electron chi connectivity index (χ4n) is 3.08. The lowest BCUT2D eigenvalue weighted by Crippen LogP contribution is -2.32. The molecule has 0 fully saturated rings. The Labute approximate surface area is 165 Å². The maximum absolute atomic E-state index is 12.4. The number of nitrogens with one attached hydrogen (secondary N) is 2. The van der Waals surface area contributed by atoms with E-state index in [2.05, 4.69) is 28.8 Å². The van der Waals surface area contributed by atoms with Crippen molar-refractivity contribution in [3.8, 4) is 6.07 Å². The molecule has 2 N–H and O–H groups in total.